The predicted octanol–water partition coefficient (Wildman–Crippen LogP) is 3.11. The third-order valence-electron chi connectivity index (χ3n) is 4.43. The standard InChI is InChI=1S/C17H21FN2O/c1-20(15-6-2-3-7-16(15)21)11-13-10-14(18)9-12-5-4-8-19-17(12)13/h4-5,8-10,15-16,21H,2-3,6-7,11H2,1H3. The molecule has 1 aliphatic carbocycles. The van der Waals surface area contributed by atoms with E-state index in [0.29, 0.717) is 6.54 Å². The molecule has 1 N–H and O–H groups in total. The summed E-state index contributed by atoms with van der Waals surface area (Å²) in [4.78, 5) is 6.52. The molecule has 1 aliphatic rings. The Balaban J connectivity index is 1.87. The minimum Gasteiger partial charge on any atom is -0.391 e. The lowest BCUT2D eigenvalue weighted by atomic mass is 9.91. The fraction of sp³-hybridized carbons (Fsp3) is 0.471. The summed E-state index contributed by atoms with van der Waals surface area (Å²) in [5, 5.41) is 11.0. The fourth-order valence-electron chi connectivity index (χ4n) is 3.34. The van der Waals surface area contributed by atoms with Crippen molar-refractivity contribution in [2.24, 2.45) is 0 Å². The number of hydrogen-bond acceptors (Lipinski definition) is 3. The summed E-state index contributed by atoms with van der Waals surface area (Å²) in [6.07, 6.45) is 5.55. The lowest BCUT2D eigenvalue weighted by molar-refractivity contribution is 0.0289. The van der Waals surface area contributed by atoms with Crippen LogP contribution in [0.5, 0.6) is 0 Å². The van der Waals surface area contributed by atoms with Gasteiger partial charge < -0.3 is 5.11 Å². The minimum atomic E-state index is -0.281. The Hall–Kier alpha value is -1.52. The van der Waals surface area contributed by atoms with Gasteiger partial charge in [-0.2, -0.15) is 0 Å². The SMILES string of the molecule is CN(Cc1cc(F)cc2cccnc12)C1CCCCC1O. The van der Waals surface area contributed by atoms with E-state index < -0.39 is 0 Å². The molecule has 2 aromatic rings. The molecule has 1 aromatic heterocycles. The third-order valence-corrected chi connectivity index (χ3v) is 4.43. The van der Waals surface area contributed by atoms with Gasteiger partial charge in [0.15, 0.2) is 0 Å². The lowest BCUT2D eigenvalue weighted by Crippen LogP contribution is -2.42. The van der Waals surface area contributed by atoms with Gasteiger partial charge in [0.1, 0.15) is 5.82 Å². The van der Waals surface area contributed by atoms with E-state index in [-0.39, 0.29) is 18.0 Å². The van der Waals surface area contributed by atoms with E-state index in [1.54, 1.807) is 12.3 Å². The number of aromatic nitrogens is 1. The van der Waals surface area contributed by atoms with Crippen molar-refractivity contribution < 1.29 is 9.50 Å². The van der Waals surface area contributed by atoms with Crippen molar-refractivity contribution in [3.05, 3.63) is 41.8 Å². The molecule has 0 saturated heterocycles. The predicted molar refractivity (Wildman–Crippen MR) is 81.4 cm³/mol. The summed E-state index contributed by atoms with van der Waals surface area (Å²) in [5.41, 5.74) is 1.72. The second-order valence-electron chi connectivity index (χ2n) is 5.97. The van der Waals surface area contributed by atoms with Crippen LogP contribution in [0, 0.1) is 5.82 Å². The zero-order valence-electron chi connectivity index (χ0n) is 12.3. The maximum atomic E-state index is 13.8. The van der Waals surface area contributed by atoms with E-state index in [9.17, 15) is 9.50 Å². The summed E-state index contributed by atoms with van der Waals surface area (Å²) in [7, 11) is 2.00. The van der Waals surface area contributed by atoms with Gasteiger partial charge in [-0.25, -0.2) is 4.39 Å². The molecular formula is C17H21FN2O. The Bertz CT molecular complexity index is 631. The summed E-state index contributed by atoms with van der Waals surface area (Å²) >= 11 is 0. The quantitative estimate of drug-likeness (QED) is 0.942. The van der Waals surface area contributed by atoms with Gasteiger partial charge in [0.05, 0.1) is 11.6 Å². The number of rotatable bonds is 3. The number of halogens is 1. The Morgan fingerprint density at radius 2 is 2.14 bits per heavy atom. The topological polar surface area (TPSA) is 36.4 Å². The van der Waals surface area contributed by atoms with Crippen LogP contribution in [0.2, 0.25) is 0 Å². The molecule has 1 saturated carbocycles. The first-order valence-corrected chi connectivity index (χ1v) is 7.56. The van der Waals surface area contributed by atoms with Crippen LogP contribution < -0.4 is 0 Å². The lowest BCUT2D eigenvalue weighted by Gasteiger charge is -2.35. The van der Waals surface area contributed by atoms with Gasteiger partial charge in [-0.1, -0.05) is 18.9 Å². The first kappa shape index (κ1) is 14.4. The molecule has 2 unspecified atom stereocenters. The van der Waals surface area contributed by atoms with Crippen LogP contribution in [-0.2, 0) is 6.54 Å². The Labute approximate surface area is 124 Å². The zero-order chi connectivity index (χ0) is 14.8. The van der Waals surface area contributed by atoms with E-state index in [1.807, 2.05) is 19.2 Å². The molecule has 1 fully saturated rings. The average molecular weight is 288 g/mol. The van der Waals surface area contributed by atoms with Crippen molar-refractivity contribution in [3.63, 3.8) is 0 Å². The van der Waals surface area contributed by atoms with Crippen molar-refractivity contribution in [2.45, 2.75) is 44.4 Å². The number of benzene rings is 1. The molecule has 21 heavy (non-hydrogen) atoms. The van der Waals surface area contributed by atoms with Crippen LogP contribution in [0.15, 0.2) is 30.5 Å². The fourth-order valence-corrected chi connectivity index (χ4v) is 3.34. The number of fused-ring (bicyclic) bond motifs is 1. The average Bonchev–Trinajstić information content (AvgIpc) is 2.47. The second kappa shape index (κ2) is 6.08. The highest BCUT2D eigenvalue weighted by Gasteiger charge is 2.26. The van der Waals surface area contributed by atoms with E-state index >= 15 is 0 Å². The van der Waals surface area contributed by atoms with E-state index in [0.717, 1.165) is 42.1 Å². The molecule has 3 rings (SSSR count). The number of nitrogens with zero attached hydrogens (tertiary/aromatic N) is 2. The Kier molecular flexibility index (Phi) is 4.17. The van der Waals surface area contributed by atoms with Gasteiger partial charge in [0.25, 0.3) is 0 Å². The molecule has 1 aromatic carbocycles. The number of hydrogen-bond donors (Lipinski definition) is 1. The van der Waals surface area contributed by atoms with Crippen molar-refractivity contribution in [3.8, 4) is 0 Å². The maximum Gasteiger partial charge on any atom is 0.124 e. The van der Waals surface area contributed by atoms with Crippen molar-refractivity contribution >= 4 is 10.9 Å². The second-order valence-corrected chi connectivity index (χ2v) is 5.97. The number of pyridine rings is 1. The van der Waals surface area contributed by atoms with Gasteiger partial charge in [-0.3, -0.25) is 9.88 Å². The first-order valence-electron chi connectivity index (χ1n) is 7.56. The van der Waals surface area contributed by atoms with Crippen molar-refractivity contribution in [1.82, 2.24) is 9.88 Å². The van der Waals surface area contributed by atoms with Gasteiger partial charge in [0.2, 0.25) is 0 Å². The highest BCUT2D eigenvalue weighted by molar-refractivity contribution is 5.81. The van der Waals surface area contributed by atoms with Crippen molar-refractivity contribution in [2.75, 3.05) is 7.05 Å². The van der Waals surface area contributed by atoms with Crippen LogP contribution >= 0.6 is 0 Å². The zero-order valence-corrected chi connectivity index (χ0v) is 12.3. The number of aliphatic hydroxyl groups is 1. The van der Waals surface area contributed by atoms with Crippen LogP contribution in [0.1, 0.15) is 31.2 Å². The van der Waals surface area contributed by atoms with Crippen LogP contribution in [0.25, 0.3) is 10.9 Å². The molecule has 1 heterocycles. The van der Waals surface area contributed by atoms with Gasteiger partial charge >= 0.3 is 0 Å². The monoisotopic (exact) mass is 288 g/mol. The summed E-state index contributed by atoms with van der Waals surface area (Å²) < 4.78 is 13.8. The molecule has 4 heteroatoms. The summed E-state index contributed by atoms with van der Waals surface area (Å²) in [6, 6.07) is 6.92. The first-order chi connectivity index (χ1) is 10.1. The molecule has 0 aliphatic heterocycles. The molecule has 0 amide bonds. The molecule has 2 atom stereocenters. The largest absolute Gasteiger partial charge is 0.391 e. The number of likely N-dealkylation sites (N-methyl/N-ethyl adjacent to an activating group) is 1. The van der Waals surface area contributed by atoms with Gasteiger partial charge in [-0.05, 0) is 43.7 Å². The third kappa shape index (κ3) is 3.06. The summed E-state index contributed by atoms with van der Waals surface area (Å²) in [6.45, 7) is 0.604. The molecular weight excluding hydrogens is 267 g/mol. The van der Waals surface area contributed by atoms with E-state index in [2.05, 4.69) is 9.88 Å². The highest BCUT2D eigenvalue weighted by Crippen LogP contribution is 2.25. The molecule has 3 nitrogen and oxygen atoms in total. The smallest absolute Gasteiger partial charge is 0.124 e. The number of aliphatic hydroxyl groups excluding tert-OH is 1. The Morgan fingerprint density at radius 3 is 2.95 bits per heavy atom. The molecule has 112 valence electrons. The van der Waals surface area contributed by atoms with Crippen molar-refractivity contribution in [1.29, 1.82) is 0 Å². The summed E-state index contributed by atoms with van der Waals surface area (Å²) in [5.74, 6) is -0.233. The minimum absolute atomic E-state index is 0.153. The van der Waals surface area contributed by atoms with E-state index in [4.69, 9.17) is 0 Å². The van der Waals surface area contributed by atoms with Crippen LogP contribution in [-0.4, -0.2) is 34.2 Å². The highest BCUT2D eigenvalue weighted by atomic mass is 19.1. The molecule has 0 spiro atoms. The van der Waals surface area contributed by atoms with E-state index in [1.165, 1.54) is 6.07 Å². The maximum absolute atomic E-state index is 13.8. The van der Waals surface area contributed by atoms with Gasteiger partial charge in [0, 0.05) is 24.2 Å². The normalized spacial score (nSPS) is 22.9. The van der Waals surface area contributed by atoms with Crippen LogP contribution in [0.4, 0.5) is 4.39 Å². The van der Waals surface area contributed by atoms with Crippen LogP contribution in [0.3, 0.4) is 0 Å². The Morgan fingerprint density at radius 1 is 1.33 bits per heavy atom. The molecule has 0 radical (unpaired) electrons. The van der Waals surface area contributed by atoms with Gasteiger partial charge in [-0.15, -0.1) is 0 Å². The molecule has 0 bridgehead atoms.